The van der Waals surface area contributed by atoms with Gasteiger partial charge in [-0.15, -0.1) is 0 Å². The van der Waals surface area contributed by atoms with Gasteiger partial charge in [0, 0.05) is 29.5 Å². The molecule has 3 N–H and O–H groups in total. The number of aliphatic hydroxyl groups is 1. The number of halogens is 4. The van der Waals surface area contributed by atoms with Crippen molar-refractivity contribution in [3.63, 3.8) is 0 Å². The number of benzene rings is 2. The summed E-state index contributed by atoms with van der Waals surface area (Å²) in [4.78, 5) is 17.7. The Kier molecular flexibility index (Phi) is 8.56. The van der Waals surface area contributed by atoms with Crippen LogP contribution in [0, 0.1) is 0 Å². The molecular formula is C23H25BrF3N3O4. The van der Waals surface area contributed by atoms with Gasteiger partial charge >= 0.3 is 6.18 Å². The Balaban J connectivity index is 1.86. The van der Waals surface area contributed by atoms with Crippen molar-refractivity contribution in [1.82, 2.24) is 10.9 Å². The number of carbonyl (C=O) groups is 1. The van der Waals surface area contributed by atoms with Crippen molar-refractivity contribution in [2.75, 3.05) is 19.8 Å². The van der Waals surface area contributed by atoms with Crippen LogP contribution in [-0.4, -0.2) is 54.5 Å². The number of alkyl halides is 3. The van der Waals surface area contributed by atoms with Crippen molar-refractivity contribution < 1.29 is 32.5 Å². The highest BCUT2D eigenvalue weighted by Gasteiger charge is 2.50. The summed E-state index contributed by atoms with van der Waals surface area (Å²) in [6, 6.07) is 14.1. The molecule has 184 valence electrons. The summed E-state index contributed by atoms with van der Waals surface area (Å²) >= 11 is 3.36. The smallest absolute Gasteiger partial charge is 0.402 e. The number of aliphatic hydroxyl groups excluding tert-OH is 1. The molecule has 2 aromatic rings. The highest BCUT2D eigenvalue weighted by Crippen LogP contribution is 2.33. The van der Waals surface area contributed by atoms with Gasteiger partial charge in [-0.05, 0) is 48.9 Å². The van der Waals surface area contributed by atoms with Crippen molar-refractivity contribution in [1.29, 1.82) is 0 Å². The SMILES string of the molecule is C[C@@H]1OC(c2ccc(OCCCO)cc2)=N[C@]1(Cc1ccc(Br)cc1)C(=O)NNCC(F)(F)F. The molecule has 11 heteroatoms. The minimum atomic E-state index is -4.49. The van der Waals surface area contributed by atoms with E-state index >= 15 is 0 Å². The van der Waals surface area contributed by atoms with Crippen LogP contribution in [0.4, 0.5) is 13.2 Å². The molecule has 3 rings (SSSR count). The van der Waals surface area contributed by atoms with Gasteiger partial charge in [0.15, 0.2) is 5.54 Å². The Labute approximate surface area is 203 Å². The second-order valence-corrected chi connectivity index (χ2v) is 8.69. The number of aliphatic imine (C=N–C) groups is 1. The van der Waals surface area contributed by atoms with E-state index in [9.17, 15) is 18.0 Å². The zero-order chi connectivity index (χ0) is 24.8. The largest absolute Gasteiger partial charge is 0.494 e. The second-order valence-electron chi connectivity index (χ2n) is 7.78. The van der Waals surface area contributed by atoms with E-state index in [-0.39, 0.29) is 18.9 Å². The van der Waals surface area contributed by atoms with Crippen LogP contribution in [0.1, 0.15) is 24.5 Å². The average molecular weight is 544 g/mol. The Morgan fingerprint density at radius 3 is 2.50 bits per heavy atom. The van der Waals surface area contributed by atoms with Crippen LogP contribution in [0.5, 0.6) is 5.75 Å². The predicted octanol–water partition coefficient (Wildman–Crippen LogP) is 3.54. The molecule has 1 amide bonds. The van der Waals surface area contributed by atoms with Crippen molar-refractivity contribution in [3.05, 3.63) is 64.1 Å². The van der Waals surface area contributed by atoms with E-state index in [0.717, 1.165) is 10.0 Å². The first-order chi connectivity index (χ1) is 16.1. The van der Waals surface area contributed by atoms with Gasteiger partial charge in [0.2, 0.25) is 5.90 Å². The molecule has 0 aromatic heterocycles. The Hall–Kier alpha value is -2.63. The number of ether oxygens (including phenoxy) is 2. The van der Waals surface area contributed by atoms with Crippen LogP contribution in [0.25, 0.3) is 0 Å². The maximum absolute atomic E-state index is 13.1. The summed E-state index contributed by atoms with van der Waals surface area (Å²) in [6.45, 7) is 0.675. The Morgan fingerprint density at radius 1 is 1.21 bits per heavy atom. The third-order valence-electron chi connectivity index (χ3n) is 5.21. The topological polar surface area (TPSA) is 92.2 Å². The molecule has 2 atom stereocenters. The third kappa shape index (κ3) is 6.71. The van der Waals surface area contributed by atoms with Crippen LogP contribution in [-0.2, 0) is 16.0 Å². The second kappa shape index (κ2) is 11.2. The number of nitrogens with one attached hydrogen (secondary N) is 2. The summed E-state index contributed by atoms with van der Waals surface area (Å²) in [5, 5.41) is 8.86. The van der Waals surface area contributed by atoms with Crippen molar-refractivity contribution >= 4 is 27.7 Å². The van der Waals surface area contributed by atoms with Crippen LogP contribution in [0.3, 0.4) is 0 Å². The molecule has 34 heavy (non-hydrogen) atoms. The summed E-state index contributed by atoms with van der Waals surface area (Å²) in [5.41, 5.74) is 3.96. The fourth-order valence-corrected chi connectivity index (χ4v) is 3.65. The number of amides is 1. The van der Waals surface area contributed by atoms with Crippen LogP contribution >= 0.6 is 15.9 Å². The first-order valence-corrected chi connectivity index (χ1v) is 11.4. The number of hydrazine groups is 1. The minimum absolute atomic E-state index is 0.0287. The fourth-order valence-electron chi connectivity index (χ4n) is 3.39. The quantitative estimate of drug-likeness (QED) is 0.315. The molecule has 0 aliphatic carbocycles. The Morgan fingerprint density at radius 2 is 1.88 bits per heavy atom. The zero-order valence-corrected chi connectivity index (χ0v) is 19.9. The van der Waals surface area contributed by atoms with Gasteiger partial charge < -0.3 is 14.6 Å². The molecule has 0 saturated carbocycles. The van der Waals surface area contributed by atoms with Crippen molar-refractivity contribution in [3.8, 4) is 5.75 Å². The van der Waals surface area contributed by atoms with Crippen molar-refractivity contribution in [2.24, 2.45) is 4.99 Å². The standard InChI is InChI=1S/C23H25BrF3N3O4/c1-15-22(13-16-3-7-18(24)8-4-16,21(32)30-28-14-23(25,26)27)29-20(34-15)17-5-9-19(10-6-17)33-12-2-11-31/h3-10,15,28,31H,2,11-14H2,1H3,(H,30,32)/t15-,22-/m0/s1. The van der Waals surface area contributed by atoms with E-state index in [2.05, 4.69) is 26.3 Å². The normalized spacial score (nSPS) is 19.9. The number of nitrogens with zero attached hydrogens (tertiary/aromatic N) is 1. The number of hydrogen-bond acceptors (Lipinski definition) is 6. The van der Waals surface area contributed by atoms with Gasteiger partial charge in [-0.3, -0.25) is 10.2 Å². The van der Waals surface area contributed by atoms with E-state index < -0.39 is 30.3 Å². The van der Waals surface area contributed by atoms with Crippen LogP contribution in [0.15, 0.2) is 58.0 Å². The van der Waals surface area contributed by atoms with Gasteiger partial charge in [0.25, 0.3) is 5.91 Å². The lowest BCUT2D eigenvalue weighted by atomic mass is 9.86. The maximum atomic E-state index is 13.1. The number of hydrogen-bond donors (Lipinski definition) is 3. The van der Waals surface area contributed by atoms with Gasteiger partial charge in [0.05, 0.1) is 6.61 Å². The predicted molar refractivity (Wildman–Crippen MR) is 124 cm³/mol. The van der Waals surface area contributed by atoms with E-state index in [4.69, 9.17) is 14.6 Å². The monoisotopic (exact) mass is 543 g/mol. The fraction of sp³-hybridized carbons (Fsp3) is 0.391. The van der Waals surface area contributed by atoms with Crippen molar-refractivity contribution in [2.45, 2.75) is 37.6 Å². The summed E-state index contributed by atoms with van der Waals surface area (Å²) < 4.78 is 50.0. The molecule has 0 fully saturated rings. The first-order valence-electron chi connectivity index (χ1n) is 10.6. The molecular weight excluding hydrogens is 519 g/mol. The number of rotatable bonds is 10. The van der Waals surface area contributed by atoms with E-state index in [0.29, 0.717) is 24.3 Å². The highest BCUT2D eigenvalue weighted by atomic mass is 79.9. The molecule has 1 heterocycles. The summed E-state index contributed by atoms with van der Waals surface area (Å²) in [5.74, 6) is 0.0719. The third-order valence-corrected chi connectivity index (χ3v) is 5.73. The molecule has 0 spiro atoms. The molecule has 1 aliphatic rings. The lowest BCUT2D eigenvalue weighted by molar-refractivity contribution is -0.136. The minimum Gasteiger partial charge on any atom is -0.494 e. The van der Waals surface area contributed by atoms with E-state index in [1.54, 1.807) is 43.3 Å². The molecule has 0 saturated heterocycles. The molecule has 1 aliphatic heterocycles. The van der Waals surface area contributed by atoms with E-state index in [1.807, 2.05) is 17.6 Å². The van der Waals surface area contributed by atoms with Gasteiger partial charge in [0.1, 0.15) is 18.4 Å². The van der Waals surface area contributed by atoms with E-state index in [1.165, 1.54) is 0 Å². The number of carbonyl (C=O) groups excluding carboxylic acids is 1. The van der Waals surface area contributed by atoms with Crippen LogP contribution in [0.2, 0.25) is 0 Å². The maximum Gasteiger partial charge on any atom is 0.402 e. The van der Waals surface area contributed by atoms with Gasteiger partial charge in [-0.25, -0.2) is 10.4 Å². The molecule has 0 unspecified atom stereocenters. The van der Waals surface area contributed by atoms with Crippen LogP contribution < -0.4 is 15.6 Å². The van der Waals surface area contributed by atoms with Gasteiger partial charge in [-0.1, -0.05) is 28.1 Å². The zero-order valence-electron chi connectivity index (χ0n) is 18.4. The first kappa shape index (κ1) is 26.0. The lowest BCUT2D eigenvalue weighted by Crippen LogP contribution is -2.57. The molecule has 0 radical (unpaired) electrons. The summed E-state index contributed by atoms with van der Waals surface area (Å²) in [6.07, 6.45) is -4.61. The highest BCUT2D eigenvalue weighted by molar-refractivity contribution is 9.10. The lowest BCUT2D eigenvalue weighted by Gasteiger charge is -2.28. The Bertz CT molecular complexity index is 1000. The molecule has 2 aromatic carbocycles. The molecule has 0 bridgehead atoms. The molecule has 7 nitrogen and oxygen atoms in total. The summed E-state index contributed by atoms with van der Waals surface area (Å²) in [7, 11) is 0. The van der Waals surface area contributed by atoms with Gasteiger partial charge in [-0.2, -0.15) is 13.2 Å². The average Bonchev–Trinajstić information content (AvgIpc) is 3.12.